The van der Waals surface area contributed by atoms with Crippen LogP contribution in [0.1, 0.15) is 50.3 Å². The van der Waals surface area contributed by atoms with Gasteiger partial charge in [0.05, 0.1) is 31.8 Å². The Bertz CT molecular complexity index is 1120. The molecule has 2 aliphatic rings. The van der Waals surface area contributed by atoms with Crippen LogP contribution in [0.4, 0.5) is 13.2 Å². The van der Waals surface area contributed by atoms with Gasteiger partial charge in [0.1, 0.15) is 0 Å². The minimum absolute atomic E-state index is 0.0140. The third kappa shape index (κ3) is 3.94. The van der Waals surface area contributed by atoms with E-state index >= 15 is 0 Å². The zero-order valence-electron chi connectivity index (χ0n) is 20.1. The summed E-state index contributed by atoms with van der Waals surface area (Å²) in [5.74, 6) is 1.05. The second kappa shape index (κ2) is 8.71. The zero-order valence-corrected chi connectivity index (χ0v) is 20.9. The van der Waals surface area contributed by atoms with Gasteiger partial charge in [0.2, 0.25) is 0 Å². The molecule has 0 aromatic heterocycles. The summed E-state index contributed by atoms with van der Waals surface area (Å²) in [5, 5.41) is 10.1. The molecule has 4 rings (SSSR count). The van der Waals surface area contributed by atoms with Crippen LogP contribution < -0.4 is 9.47 Å². The van der Waals surface area contributed by atoms with Crippen LogP contribution in [-0.2, 0) is 18.0 Å². The highest BCUT2D eigenvalue weighted by Crippen LogP contribution is 2.62. The number of fused-ring (bicyclic) bond motifs is 3. The first-order valence-electron chi connectivity index (χ1n) is 11.4. The van der Waals surface area contributed by atoms with Crippen molar-refractivity contribution < 1.29 is 22.6 Å². The first kappa shape index (κ1) is 24.8. The number of ether oxygens (including phenoxy) is 2. The number of nitrogens with zero attached hydrogens (tertiary/aromatic N) is 1. The Kier molecular flexibility index (Phi) is 6.35. The number of thioether (sulfide) groups is 1. The summed E-state index contributed by atoms with van der Waals surface area (Å²) >= 11 is 1.31. The van der Waals surface area contributed by atoms with Crippen molar-refractivity contribution in [3.63, 3.8) is 0 Å². The van der Waals surface area contributed by atoms with Crippen molar-refractivity contribution in [3.8, 4) is 17.6 Å². The van der Waals surface area contributed by atoms with Crippen LogP contribution in [0.25, 0.3) is 0 Å². The predicted octanol–water partition coefficient (Wildman–Crippen LogP) is 7.27. The van der Waals surface area contributed by atoms with Gasteiger partial charge < -0.3 is 9.47 Å². The Morgan fingerprint density at radius 2 is 1.71 bits per heavy atom. The summed E-state index contributed by atoms with van der Waals surface area (Å²) in [7, 11) is 3.21. The number of halogens is 3. The van der Waals surface area contributed by atoms with Gasteiger partial charge >= 0.3 is 6.18 Å². The molecule has 34 heavy (non-hydrogen) atoms. The van der Waals surface area contributed by atoms with E-state index in [2.05, 4.69) is 26.8 Å². The quantitative estimate of drug-likeness (QED) is 0.453. The lowest BCUT2D eigenvalue weighted by Gasteiger charge is -2.58. The minimum Gasteiger partial charge on any atom is -0.493 e. The standard InChI is InChI=1S/C27H30F3NO2S/c1-25(2)23(34-22-9-7-6-8-18(22)27(28,29)30)10-11-26(3)19-14-21(33-5)20(32-4)13-16(19)12-17(15-31)24(25)26/h6-9,13-14,17,23-24H,10-12H2,1-5H3/t17-,23+,24+,26-/m1/s1. The molecule has 2 aromatic carbocycles. The van der Waals surface area contributed by atoms with E-state index in [1.54, 1.807) is 26.4 Å². The molecule has 0 unspecified atom stereocenters. The maximum Gasteiger partial charge on any atom is 0.417 e. The highest BCUT2D eigenvalue weighted by molar-refractivity contribution is 8.00. The molecule has 1 fully saturated rings. The molecule has 0 bridgehead atoms. The minimum atomic E-state index is -4.40. The van der Waals surface area contributed by atoms with Crippen LogP contribution in [0, 0.1) is 28.6 Å². The Hall–Kier alpha value is -2.33. The van der Waals surface area contributed by atoms with Crippen molar-refractivity contribution in [2.24, 2.45) is 17.3 Å². The van der Waals surface area contributed by atoms with Crippen molar-refractivity contribution in [2.45, 2.75) is 61.8 Å². The molecule has 7 heteroatoms. The average Bonchev–Trinajstić information content (AvgIpc) is 2.79. The van der Waals surface area contributed by atoms with E-state index in [4.69, 9.17) is 9.47 Å². The molecule has 182 valence electrons. The van der Waals surface area contributed by atoms with Crippen molar-refractivity contribution >= 4 is 11.8 Å². The Labute approximate surface area is 203 Å². The van der Waals surface area contributed by atoms with Gasteiger partial charge in [0.25, 0.3) is 0 Å². The van der Waals surface area contributed by atoms with E-state index in [0.717, 1.165) is 30.0 Å². The van der Waals surface area contributed by atoms with Crippen LogP contribution in [-0.4, -0.2) is 19.5 Å². The molecule has 4 atom stereocenters. The lowest BCUT2D eigenvalue weighted by Crippen LogP contribution is -2.56. The fourth-order valence-corrected chi connectivity index (χ4v) is 7.97. The summed E-state index contributed by atoms with van der Waals surface area (Å²) in [6.45, 7) is 6.45. The zero-order chi connectivity index (χ0) is 24.9. The monoisotopic (exact) mass is 489 g/mol. The second-order valence-corrected chi connectivity index (χ2v) is 11.4. The lowest BCUT2D eigenvalue weighted by atomic mass is 9.47. The smallest absolute Gasteiger partial charge is 0.417 e. The maximum atomic E-state index is 13.7. The third-order valence-corrected chi connectivity index (χ3v) is 9.68. The Balaban J connectivity index is 1.76. The number of benzene rings is 2. The first-order chi connectivity index (χ1) is 16.0. The highest BCUT2D eigenvalue weighted by Gasteiger charge is 2.58. The van der Waals surface area contributed by atoms with Crippen molar-refractivity contribution in [2.75, 3.05) is 14.2 Å². The summed E-state index contributed by atoms with van der Waals surface area (Å²) in [6, 6.07) is 12.4. The summed E-state index contributed by atoms with van der Waals surface area (Å²) in [5.41, 5.74) is 0.993. The molecule has 3 nitrogen and oxygen atoms in total. The molecule has 0 saturated heterocycles. The highest BCUT2D eigenvalue weighted by atomic mass is 32.2. The van der Waals surface area contributed by atoms with Gasteiger partial charge in [-0.1, -0.05) is 32.9 Å². The number of hydrogen-bond donors (Lipinski definition) is 0. The summed E-state index contributed by atoms with van der Waals surface area (Å²) in [4.78, 5) is 0.257. The van der Waals surface area contributed by atoms with Crippen molar-refractivity contribution in [3.05, 3.63) is 53.1 Å². The molecule has 1 saturated carbocycles. The molecule has 0 amide bonds. The summed E-state index contributed by atoms with van der Waals surface area (Å²) < 4.78 is 52.1. The van der Waals surface area contributed by atoms with Crippen molar-refractivity contribution in [1.82, 2.24) is 0 Å². The Morgan fingerprint density at radius 1 is 1.06 bits per heavy atom. The number of methoxy groups -OCH3 is 2. The van der Waals surface area contributed by atoms with Crippen LogP contribution in [0.15, 0.2) is 41.3 Å². The normalized spacial score (nSPS) is 27.8. The fourth-order valence-electron chi connectivity index (χ4n) is 6.51. The molecule has 0 spiro atoms. The molecular weight excluding hydrogens is 459 g/mol. The van der Waals surface area contributed by atoms with E-state index in [0.29, 0.717) is 17.9 Å². The second-order valence-electron chi connectivity index (χ2n) is 10.2. The Morgan fingerprint density at radius 3 is 2.32 bits per heavy atom. The molecule has 0 heterocycles. The van der Waals surface area contributed by atoms with E-state index in [-0.39, 0.29) is 32.8 Å². The van der Waals surface area contributed by atoms with Gasteiger partial charge in [-0.3, -0.25) is 0 Å². The van der Waals surface area contributed by atoms with Gasteiger partial charge in [-0.2, -0.15) is 18.4 Å². The molecular formula is C27H30F3NO2S. The third-order valence-electron chi connectivity index (χ3n) is 7.94. The lowest BCUT2D eigenvalue weighted by molar-refractivity contribution is -0.139. The molecule has 0 N–H and O–H groups in total. The van der Waals surface area contributed by atoms with Gasteiger partial charge in [0, 0.05) is 10.1 Å². The maximum absolute atomic E-state index is 13.7. The van der Waals surface area contributed by atoms with Gasteiger partial charge in [-0.15, -0.1) is 11.8 Å². The first-order valence-corrected chi connectivity index (χ1v) is 12.3. The average molecular weight is 490 g/mol. The number of nitriles is 1. The van der Waals surface area contributed by atoms with Gasteiger partial charge in [-0.05, 0) is 71.4 Å². The molecule has 0 aliphatic heterocycles. The van der Waals surface area contributed by atoms with Gasteiger partial charge in [0.15, 0.2) is 11.5 Å². The van der Waals surface area contributed by atoms with Crippen LogP contribution in [0.2, 0.25) is 0 Å². The summed E-state index contributed by atoms with van der Waals surface area (Å²) in [6.07, 6.45) is -2.27. The van der Waals surface area contributed by atoms with E-state index in [1.807, 2.05) is 12.1 Å². The van der Waals surface area contributed by atoms with E-state index in [9.17, 15) is 18.4 Å². The van der Waals surface area contributed by atoms with Crippen molar-refractivity contribution in [1.29, 1.82) is 5.26 Å². The van der Waals surface area contributed by atoms with E-state index in [1.165, 1.54) is 17.8 Å². The van der Waals surface area contributed by atoms with E-state index < -0.39 is 11.7 Å². The molecule has 2 aliphatic carbocycles. The van der Waals surface area contributed by atoms with Crippen LogP contribution in [0.5, 0.6) is 11.5 Å². The number of hydrogen-bond acceptors (Lipinski definition) is 4. The fraction of sp³-hybridized carbons (Fsp3) is 0.519. The number of alkyl halides is 3. The number of rotatable bonds is 4. The predicted molar refractivity (Wildman–Crippen MR) is 127 cm³/mol. The largest absolute Gasteiger partial charge is 0.493 e. The topological polar surface area (TPSA) is 42.2 Å². The molecule has 2 aromatic rings. The van der Waals surface area contributed by atoms with Crippen LogP contribution in [0.3, 0.4) is 0 Å². The van der Waals surface area contributed by atoms with Crippen LogP contribution >= 0.6 is 11.8 Å². The molecule has 0 radical (unpaired) electrons. The van der Waals surface area contributed by atoms with Gasteiger partial charge in [-0.25, -0.2) is 0 Å². The SMILES string of the molecule is COc1cc2c(cc1OC)[C@@]1(C)CC[C@H](Sc3ccccc3C(F)(F)F)C(C)(C)[C@@H]1[C@@H](C#N)C2.